The number of ether oxygens (including phenoxy) is 2. The molecule has 1 rings (SSSR count). The second-order valence-corrected chi connectivity index (χ2v) is 2.66. The lowest BCUT2D eigenvalue weighted by molar-refractivity contribution is 0.000710. The summed E-state index contributed by atoms with van der Waals surface area (Å²) in [5.41, 5.74) is 0. The fourth-order valence-electron chi connectivity index (χ4n) is 0.988. The number of methoxy groups -OCH3 is 1. The van der Waals surface area contributed by atoms with Crippen LogP contribution in [-0.2, 0) is 9.47 Å². The van der Waals surface area contributed by atoms with Crippen LogP contribution in [0.2, 0.25) is 0 Å². The van der Waals surface area contributed by atoms with Crippen molar-refractivity contribution in [2.45, 2.75) is 33.0 Å². The highest BCUT2D eigenvalue weighted by atomic mass is 16.5. The van der Waals surface area contributed by atoms with Crippen LogP contribution in [0.1, 0.15) is 20.8 Å². The molecule has 1 N–H and O–H groups in total. The van der Waals surface area contributed by atoms with E-state index in [0.717, 1.165) is 13.1 Å². The van der Waals surface area contributed by atoms with Gasteiger partial charge >= 0.3 is 0 Å². The Morgan fingerprint density at radius 1 is 1.33 bits per heavy atom. The predicted molar refractivity (Wildman–Crippen MR) is 50.4 cm³/mol. The molecule has 0 radical (unpaired) electrons. The van der Waals surface area contributed by atoms with Crippen molar-refractivity contribution in [2.24, 2.45) is 0 Å². The fourth-order valence-corrected chi connectivity index (χ4v) is 0.988. The number of nitrogens with one attached hydrogen (secondary N) is 1. The van der Waals surface area contributed by atoms with Crippen LogP contribution in [0.3, 0.4) is 0 Å². The second kappa shape index (κ2) is 7.53. The molecule has 1 fully saturated rings. The van der Waals surface area contributed by atoms with Gasteiger partial charge in [-0.15, -0.1) is 0 Å². The number of hydrogen-bond acceptors (Lipinski definition) is 3. The molecule has 1 saturated heterocycles. The largest absolute Gasteiger partial charge is 0.378 e. The molecule has 1 aliphatic rings. The van der Waals surface area contributed by atoms with Crippen LogP contribution >= 0.6 is 0 Å². The summed E-state index contributed by atoms with van der Waals surface area (Å²) in [7, 11) is 1.71. The van der Waals surface area contributed by atoms with E-state index in [1.54, 1.807) is 7.11 Å². The van der Waals surface area contributed by atoms with Gasteiger partial charge in [0.15, 0.2) is 0 Å². The van der Waals surface area contributed by atoms with E-state index in [0.29, 0.717) is 12.7 Å². The highest BCUT2D eigenvalue weighted by Crippen LogP contribution is 1.98. The first-order valence-corrected chi connectivity index (χ1v) is 4.68. The van der Waals surface area contributed by atoms with Crippen LogP contribution in [-0.4, -0.2) is 39.0 Å². The van der Waals surface area contributed by atoms with Gasteiger partial charge in [0.05, 0.1) is 18.8 Å². The predicted octanol–water partition coefficient (Wildman–Crippen LogP) is 1.04. The van der Waals surface area contributed by atoms with Gasteiger partial charge in [-0.3, -0.25) is 0 Å². The summed E-state index contributed by atoms with van der Waals surface area (Å²) in [5, 5.41) is 3.25. The van der Waals surface area contributed by atoms with Gasteiger partial charge in [-0.1, -0.05) is 13.8 Å². The molecule has 0 bridgehead atoms. The maximum atomic E-state index is 5.42. The van der Waals surface area contributed by atoms with E-state index in [2.05, 4.69) is 12.2 Å². The van der Waals surface area contributed by atoms with Crippen molar-refractivity contribution in [3.63, 3.8) is 0 Å². The Morgan fingerprint density at radius 3 is 2.58 bits per heavy atom. The van der Waals surface area contributed by atoms with Gasteiger partial charge in [0.1, 0.15) is 0 Å². The Labute approximate surface area is 75.4 Å². The third kappa shape index (κ3) is 4.70. The van der Waals surface area contributed by atoms with Gasteiger partial charge in [-0.2, -0.15) is 0 Å². The van der Waals surface area contributed by atoms with E-state index in [-0.39, 0.29) is 6.10 Å². The minimum absolute atomic E-state index is 0.227. The molecule has 3 nitrogen and oxygen atoms in total. The zero-order valence-corrected chi connectivity index (χ0v) is 8.59. The van der Waals surface area contributed by atoms with Crippen LogP contribution in [0.5, 0.6) is 0 Å². The lowest BCUT2D eigenvalue weighted by Gasteiger charge is -2.11. The summed E-state index contributed by atoms with van der Waals surface area (Å²) >= 11 is 0. The SMILES string of the molecule is CC.COC1CNCC(C)OC1. The van der Waals surface area contributed by atoms with E-state index in [1.807, 2.05) is 13.8 Å². The zero-order valence-electron chi connectivity index (χ0n) is 8.59. The smallest absolute Gasteiger partial charge is 0.0928 e. The van der Waals surface area contributed by atoms with E-state index < -0.39 is 0 Å². The molecule has 74 valence electrons. The second-order valence-electron chi connectivity index (χ2n) is 2.66. The Bertz CT molecular complexity index is 98.5. The molecule has 0 spiro atoms. The average molecular weight is 175 g/mol. The molecule has 12 heavy (non-hydrogen) atoms. The standard InChI is InChI=1S/C7H15NO2.C2H6/c1-6-3-8-4-7(9-2)5-10-6;1-2/h6-8H,3-5H2,1-2H3;1-2H3. The lowest BCUT2D eigenvalue weighted by atomic mass is 10.4. The van der Waals surface area contributed by atoms with Crippen molar-refractivity contribution in [2.75, 3.05) is 26.8 Å². The van der Waals surface area contributed by atoms with E-state index in [1.165, 1.54) is 0 Å². The van der Waals surface area contributed by atoms with Gasteiger partial charge in [-0.05, 0) is 6.92 Å². The zero-order chi connectivity index (χ0) is 9.40. The third-order valence-electron chi connectivity index (χ3n) is 1.70. The van der Waals surface area contributed by atoms with E-state index in [4.69, 9.17) is 9.47 Å². The molecule has 3 heteroatoms. The van der Waals surface area contributed by atoms with Crippen molar-refractivity contribution >= 4 is 0 Å². The van der Waals surface area contributed by atoms with Crippen LogP contribution in [0, 0.1) is 0 Å². The van der Waals surface area contributed by atoms with Gasteiger partial charge in [-0.25, -0.2) is 0 Å². The lowest BCUT2D eigenvalue weighted by Crippen LogP contribution is -2.29. The van der Waals surface area contributed by atoms with E-state index >= 15 is 0 Å². The summed E-state index contributed by atoms with van der Waals surface area (Å²) < 4.78 is 10.6. The summed E-state index contributed by atoms with van der Waals surface area (Å²) in [6.07, 6.45) is 0.546. The highest BCUT2D eigenvalue weighted by Gasteiger charge is 2.14. The minimum atomic E-state index is 0.227. The molecule has 1 aliphatic heterocycles. The molecule has 0 saturated carbocycles. The molecule has 0 aliphatic carbocycles. The van der Waals surface area contributed by atoms with Gasteiger partial charge in [0, 0.05) is 20.2 Å². The maximum absolute atomic E-state index is 5.42. The minimum Gasteiger partial charge on any atom is -0.378 e. The molecule has 0 aromatic rings. The highest BCUT2D eigenvalue weighted by molar-refractivity contribution is 4.67. The summed E-state index contributed by atoms with van der Waals surface area (Å²) in [6.45, 7) is 8.61. The van der Waals surface area contributed by atoms with Gasteiger partial charge in [0.25, 0.3) is 0 Å². The Kier molecular flexibility index (Phi) is 7.45. The van der Waals surface area contributed by atoms with Crippen molar-refractivity contribution in [3.8, 4) is 0 Å². The normalized spacial score (nSPS) is 30.0. The Hall–Kier alpha value is -0.120. The topological polar surface area (TPSA) is 30.5 Å². The first-order valence-electron chi connectivity index (χ1n) is 4.68. The van der Waals surface area contributed by atoms with Gasteiger partial charge in [0.2, 0.25) is 0 Å². The molecule has 1 heterocycles. The molecule has 0 amide bonds. The summed E-state index contributed by atoms with van der Waals surface area (Å²) in [5.74, 6) is 0. The first-order chi connectivity index (χ1) is 5.83. The van der Waals surface area contributed by atoms with Crippen LogP contribution in [0.4, 0.5) is 0 Å². The van der Waals surface area contributed by atoms with Gasteiger partial charge < -0.3 is 14.8 Å². The number of hydrogen-bond donors (Lipinski definition) is 1. The maximum Gasteiger partial charge on any atom is 0.0928 e. The Balaban J connectivity index is 0.000000561. The molecule has 2 unspecified atom stereocenters. The van der Waals surface area contributed by atoms with Crippen LogP contribution in [0.15, 0.2) is 0 Å². The van der Waals surface area contributed by atoms with Crippen molar-refractivity contribution < 1.29 is 9.47 Å². The van der Waals surface area contributed by atoms with E-state index in [9.17, 15) is 0 Å². The van der Waals surface area contributed by atoms with Crippen molar-refractivity contribution in [1.82, 2.24) is 5.32 Å². The fraction of sp³-hybridized carbons (Fsp3) is 1.00. The van der Waals surface area contributed by atoms with Crippen molar-refractivity contribution in [1.29, 1.82) is 0 Å². The number of rotatable bonds is 1. The monoisotopic (exact) mass is 175 g/mol. The Morgan fingerprint density at radius 2 is 2.00 bits per heavy atom. The molecule has 2 atom stereocenters. The molecular formula is C9H21NO2. The third-order valence-corrected chi connectivity index (χ3v) is 1.70. The van der Waals surface area contributed by atoms with Crippen molar-refractivity contribution in [3.05, 3.63) is 0 Å². The first kappa shape index (κ1) is 11.9. The quantitative estimate of drug-likeness (QED) is 0.646. The summed E-state index contributed by atoms with van der Waals surface area (Å²) in [4.78, 5) is 0. The molecular weight excluding hydrogens is 154 g/mol. The summed E-state index contributed by atoms with van der Waals surface area (Å²) in [6, 6.07) is 0. The average Bonchev–Trinajstić information content (AvgIpc) is 2.33. The van der Waals surface area contributed by atoms with Crippen LogP contribution < -0.4 is 5.32 Å². The molecule has 0 aromatic carbocycles. The molecule has 0 aromatic heterocycles. The van der Waals surface area contributed by atoms with Crippen LogP contribution in [0.25, 0.3) is 0 Å².